The molecule has 170 valence electrons. The van der Waals surface area contributed by atoms with Gasteiger partial charge in [0.2, 0.25) is 5.91 Å². The first-order valence-corrected chi connectivity index (χ1v) is 11.9. The Morgan fingerprint density at radius 2 is 1.53 bits per heavy atom. The topological polar surface area (TPSA) is 37.4 Å². The van der Waals surface area contributed by atoms with Gasteiger partial charge in [-0.3, -0.25) is 9.59 Å². The summed E-state index contributed by atoms with van der Waals surface area (Å²) < 4.78 is 0. The molecule has 3 nitrogen and oxygen atoms in total. The number of ketones is 1. The molecule has 0 N–H and O–H groups in total. The molecule has 0 aliphatic carbocycles. The second-order valence-corrected chi connectivity index (χ2v) is 10.3. The third kappa shape index (κ3) is 8.62. The molecule has 1 aromatic carbocycles. The second kappa shape index (κ2) is 12.3. The van der Waals surface area contributed by atoms with Crippen LogP contribution in [0.1, 0.15) is 99.0 Å². The highest BCUT2D eigenvalue weighted by Gasteiger charge is 2.38. The van der Waals surface area contributed by atoms with Gasteiger partial charge < -0.3 is 4.90 Å². The molecule has 1 atom stereocenters. The number of rotatable bonds is 14. The molecule has 0 fully saturated rings. The van der Waals surface area contributed by atoms with E-state index in [9.17, 15) is 9.59 Å². The fourth-order valence-electron chi connectivity index (χ4n) is 4.04. The molecule has 1 unspecified atom stereocenters. The summed E-state index contributed by atoms with van der Waals surface area (Å²) in [4.78, 5) is 28.2. The van der Waals surface area contributed by atoms with Crippen LogP contribution in [0.25, 0.3) is 0 Å². The molecule has 0 aliphatic heterocycles. The zero-order valence-electron chi connectivity index (χ0n) is 20.6. The van der Waals surface area contributed by atoms with Crippen LogP contribution in [0.5, 0.6) is 0 Å². The monoisotopic (exact) mass is 415 g/mol. The van der Waals surface area contributed by atoms with Crippen molar-refractivity contribution < 1.29 is 9.59 Å². The lowest BCUT2D eigenvalue weighted by atomic mass is 9.73. The van der Waals surface area contributed by atoms with Crippen molar-refractivity contribution in [1.29, 1.82) is 0 Å². The number of unbranched alkanes of at least 4 members (excludes halogenated alkanes) is 1. The van der Waals surface area contributed by atoms with Crippen LogP contribution in [0.3, 0.4) is 0 Å². The highest BCUT2D eigenvalue weighted by atomic mass is 16.2. The van der Waals surface area contributed by atoms with Gasteiger partial charge in [0.25, 0.3) is 0 Å². The molecule has 1 aromatic rings. The molecular formula is C27H45NO2. The number of carbonyl (C=O) groups excluding carboxylic acids is 2. The van der Waals surface area contributed by atoms with Gasteiger partial charge in [0.1, 0.15) is 0 Å². The van der Waals surface area contributed by atoms with E-state index >= 15 is 0 Å². The number of hydrogen-bond donors (Lipinski definition) is 0. The van der Waals surface area contributed by atoms with Gasteiger partial charge in [-0.15, -0.1) is 0 Å². The molecule has 1 amide bonds. The highest BCUT2D eigenvalue weighted by molar-refractivity contribution is 5.89. The molecular weight excluding hydrogens is 370 g/mol. The summed E-state index contributed by atoms with van der Waals surface area (Å²) in [5.41, 5.74) is 0.887. The predicted molar refractivity (Wildman–Crippen MR) is 127 cm³/mol. The Labute approximate surface area is 185 Å². The van der Waals surface area contributed by atoms with Crippen molar-refractivity contribution in [2.75, 3.05) is 6.54 Å². The summed E-state index contributed by atoms with van der Waals surface area (Å²) in [7, 11) is 0. The first kappa shape index (κ1) is 26.4. The van der Waals surface area contributed by atoms with Crippen molar-refractivity contribution in [2.45, 2.75) is 100.0 Å². The van der Waals surface area contributed by atoms with Crippen molar-refractivity contribution >= 4 is 11.7 Å². The summed E-state index contributed by atoms with van der Waals surface area (Å²) in [5.74, 6) is 0.191. The molecule has 0 spiro atoms. The van der Waals surface area contributed by atoms with Crippen molar-refractivity contribution in [3.05, 3.63) is 35.9 Å². The Hall–Kier alpha value is -1.64. The van der Waals surface area contributed by atoms with Crippen molar-refractivity contribution in [2.24, 2.45) is 16.7 Å². The van der Waals surface area contributed by atoms with E-state index < -0.39 is 5.41 Å². The Morgan fingerprint density at radius 1 is 0.900 bits per heavy atom. The van der Waals surface area contributed by atoms with E-state index in [2.05, 4.69) is 34.6 Å². The number of hydrogen-bond acceptors (Lipinski definition) is 2. The molecule has 0 saturated heterocycles. The summed E-state index contributed by atoms with van der Waals surface area (Å²) in [6.07, 6.45) is 7.36. The maximum Gasteiger partial charge on any atom is 0.229 e. The van der Waals surface area contributed by atoms with Crippen LogP contribution in [0.15, 0.2) is 30.3 Å². The number of nitrogens with zero attached hydrogens (tertiary/aromatic N) is 1. The van der Waals surface area contributed by atoms with Crippen LogP contribution < -0.4 is 0 Å². The van der Waals surface area contributed by atoms with Crippen molar-refractivity contribution in [1.82, 2.24) is 4.90 Å². The zero-order valence-corrected chi connectivity index (χ0v) is 20.6. The Kier molecular flexibility index (Phi) is 10.8. The van der Waals surface area contributed by atoms with Crippen LogP contribution in [0.2, 0.25) is 0 Å². The van der Waals surface area contributed by atoms with Gasteiger partial charge in [-0.2, -0.15) is 0 Å². The molecule has 30 heavy (non-hydrogen) atoms. The smallest absolute Gasteiger partial charge is 0.229 e. The summed E-state index contributed by atoms with van der Waals surface area (Å²) in [6, 6.07) is 10.0. The molecule has 0 aliphatic rings. The lowest BCUT2D eigenvalue weighted by Crippen LogP contribution is -2.45. The normalized spacial score (nSPS) is 13.9. The molecule has 0 bridgehead atoms. The quantitative estimate of drug-likeness (QED) is 0.327. The van der Waals surface area contributed by atoms with Crippen molar-refractivity contribution in [3.63, 3.8) is 0 Å². The highest BCUT2D eigenvalue weighted by Crippen LogP contribution is 2.38. The van der Waals surface area contributed by atoms with Crippen LogP contribution in [-0.2, 0) is 16.1 Å². The molecule has 0 saturated carbocycles. The van der Waals surface area contributed by atoms with Gasteiger partial charge in [0, 0.05) is 17.9 Å². The van der Waals surface area contributed by atoms with Gasteiger partial charge in [0.05, 0.1) is 6.54 Å². The maximum absolute atomic E-state index is 13.8. The predicted octanol–water partition coefficient (Wildman–Crippen LogP) is 7.04. The lowest BCUT2D eigenvalue weighted by Gasteiger charge is -2.37. The van der Waals surface area contributed by atoms with E-state index in [0.29, 0.717) is 6.54 Å². The first-order chi connectivity index (χ1) is 14.0. The van der Waals surface area contributed by atoms with Crippen LogP contribution in [-0.4, -0.2) is 23.1 Å². The van der Waals surface area contributed by atoms with Gasteiger partial charge in [-0.1, -0.05) is 98.1 Å². The lowest BCUT2D eigenvalue weighted by molar-refractivity contribution is -0.146. The molecule has 0 heterocycles. The fourth-order valence-corrected chi connectivity index (χ4v) is 4.04. The third-order valence-electron chi connectivity index (χ3n) is 6.37. The summed E-state index contributed by atoms with van der Waals surface area (Å²) in [5, 5.41) is 0. The number of amides is 1. The molecule has 0 radical (unpaired) electrons. The average Bonchev–Trinajstić information content (AvgIpc) is 2.70. The average molecular weight is 416 g/mol. The minimum atomic E-state index is -0.426. The Morgan fingerprint density at radius 3 is 2.07 bits per heavy atom. The Bertz CT molecular complexity index is 650. The Balaban J connectivity index is 3.07. The number of benzene rings is 1. The summed E-state index contributed by atoms with van der Waals surface area (Å²) in [6.45, 7) is 15.7. The van der Waals surface area contributed by atoms with Gasteiger partial charge in [-0.05, 0) is 36.7 Å². The van der Waals surface area contributed by atoms with E-state index in [1.165, 1.54) is 19.3 Å². The zero-order chi connectivity index (χ0) is 22.8. The second-order valence-electron chi connectivity index (χ2n) is 10.3. The molecule has 1 rings (SSSR count). The van der Waals surface area contributed by atoms with Crippen LogP contribution in [0.4, 0.5) is 0 Å². The standard InChI is InChI=1S/C27H45NO2/c1-8-10-17-26(5,6)18-19-27(7,16-9-2)25(30)28(21-24(29)22(3)4)20-23-14-12-11-13-15-23/h11-15,22H,8-10,16-21H2,1-7H3. The van der Waals surface area contributed by atoms with E-state index in [1.807, 2.05) is 49.1 Å². The molecule has 3 heteroatoms. The number of carbonyl (C=O) groups is 2. The van der Waals surface area contributed by atoms with Gasteiger partial charge >= 0.3 is 0 Å². The third-order valence-corrected chi connectivity index (χ3v) is 6.37. The van der Waals surface area contributed by atoms with Gasteiger partial charge in [-0.25, -0.2) is 0 Å². The van der Waals surface area contributed by atoms with Gasteiger partial charge in [0.15, 0.2) is 5.78 Å². The fraction of sp³-hybridized carbons (Fsp3) is 0.704. The van der Waals surface area contributed by atoms with E-state index in [0.717, 1.165) is 31.2 Å². The van der Waals surface area contributed by atoms with Crippen LogP contribution >= 0.6 is 0 Å². The minimum absolute atomic E-state index is 0.0681. The van der Waals surface area contributed by atoms with E-state index in [1.54, 1.807) is 0 Å². The van der Waals surface area contributed by atoms with Crippen molar-refractivity contribution in [3.8, 4) is 0 Å². The minimum Gasteiger partial charge on any atom is -0.331 e. The van der Waals surface area contributed by atoms with E-state index in [-0.39, 0.29) is 29.6 Å². The number of Topliss-reactive ketones (excluding diaryl/α,β-unsaturated/α-hetero) is 1. The van der Waals surface area contributed by atoms with E-state index in [4.69, 9.17) is 0 Å². The first-order valence-electron chi connectivity index (χ1n) is 11.9. The maximum atomic E-state index is 13.8. The van der Waals surface area contributed by atoms with Crippen LogP contribution in [0, 0.1) is 16.7 Å². The largest absolute Gasteiger partial charge is 0.331 e. The molecule has 0 aromatic heterocycles. The SMILES string of the molecule is CCCCC(C)(C)CCC(C)(CCC)C(=O)N(CC(=O)C(C)C)Cc1ccccc1. The summed E-state index contributed by atoms with van der Waals surface area (Å²) >= 11 is 0.